The van der Waals surface area contributed by atoms with E-state index in [0.717, 1.165) is 11.5 Å². The van der Waals surface area contributed by atoms with Crippen molar-refractivity contribution < 1.29 is 4.74 Å². The Hall–Kier alpha value is -5.92. The topological polar surface area (TPSA) is 9.23 Å². The molecule has 10 rings (SSSR count). The lowest BCUT2D eigenvalue weighted by Crippen LogP contribution is -2.32. The molecular weight excluding hydrogens is 556 g/mol. The van der Waals surface area contributed by atoms with Gasteiger partial charge in [0.05, 0.1) is 5.41 Å². The third-order valence-corrected chi connectivity index (χ3v) is 10.1. The molecule has 8 aromatic carbocycles. The van der Waals surface area contributed by atoms with Crippen LogP contribution in [0.2, 0.25) is 0 Å². The summed E-state index contributed by atoms with van der Waals surface area (Å²) < 4.78 is 6.62. The third-order valence-electron chi connectivity index (χ3n) is 10.1. The van der Waals surface area contributed by atoms with Crippen LogP contribution in [0, 0.1) is 0 Å². The normalized spacial score (nSPS) is 13.6. The highest BCUT2D eigenvalue weighted by atomic mass is 16.5. The Labute approximate surface area is 268 Å². The lowest BCUT2D eigenvalue weighted by Gasteiger charge is -2.39. The molecule has 1 aliphatic carbocycles. The summed E-state index contributed by atoms with van der Waals surface area (Å²) in [4.78, 5) is 0. The number of benzene rings is 8. The molecule has 0 fully saturated rings. The maximum absolute atomic E-state index is 6.62. The monoisotopic (exact) mass is 584 g/mol. The van der Waals surface area contributed by atoms with Crippen molar-refractivity contribution in [2.75, 3.05) is 0 Å². The minimum absolute atomic E-state index is 0.456. The van der Waals surface area contributed by atoms with E-state index in [1.165, 1.54) is 77.2 Å². The number of para-hydroxylation sites is 1. The van der Waals surface area contributed by atoms with Crippen molar-refractivity contribution in [3.8, 4) is 44.9 Å². The minimum atomic E-state index is -0.456. The fourth-order valence-corrected chi connectivity index (χ4v) is 8.08. The van der Waals surface area contributed by atoms with Gasteiger partial charge in [-0.05, 0) is 90.3 Å². The van der Waals surface area contributed by atoms with E-state index < -0.39 is 5.41 Å². The molecule has 0 aromatic heterocycles. The largest absolute Gasteiger partial charge is 0.457 e. The molecule has 0 bridgehead atoms. The highest BCUT2D eigenvalue weighted by Crippen LogP contribution is 2.62. The maximum atomic E-state index is 6.62. The van der Waals surface area contributed by atoms with E-state index in [1.807, 2.05) is 0 Å². The zero-order valence-corrected chi connectivity index (χ0v) is 25.1. The Kier molecular flexibility index (Phi) is 5.27. The van der Waals surface area contributed by atoms with Gasteiger partial charge in [-0.1, -0.05) is 146 Å². The smallest absolute Gasteiger partial charge is 0.132 e. The summed E-state index contributed by atoms with van der Waals surface area (Å²) in [5, 5.41) is 5.13. The molecule has 8 aromatic rings. The predicted octanol–water partition coefficient (Wildman–Crippen LogP) is 11.8. The standard InChI is InChI=1S/C45H28O/c1-2-10-35-31(9-1)21-22-34-27-32(23-25-36(34)35)29-17-19-30(20-18-29)33-24-26-44-42(28-33)45(41-15-7-8-16-43(41)46-44)39-13-5-3-11-37(39)38-12-4-6-14-40(38)45/h1-28H. The minimum Gasteiger partial charge on any atom is -0.457 e. The van der Waals surface area contributed by atoms with Crippen molar-refractivity contribution in [2.45, 2.75) is 5.41 Å². The molecule has 214 valence electrons. The van der Waals surface area contributed by atoms with E-state index in [1.54, 1.807) is 0 Å². The number of rotatable bonds is 2. The highest BCUT2D eigenvalue weighted by Gasteiger charge is 2.50. The van der Waals surface area contributed by atoms with Crippen molar-refractivity contribution in [3.05, 3.63) is 192 Å². The van der Waals surface area contributed by atoms with Crippen LogP contribution in [0.15, 0.2) is 170 Å². The molecule has 2 aliphatic rings. The fourth-order valence-electron chi connectivity index (χ4n) is 8.08. The first kappa shape index (κ1) is 25.4. The molecule has 1 heterocycles. The van der Waals surface area contributed by atoms with E-state index >= 15 is 0 Å². The Balaban J connectivity index is 1.11. The van der Waals surface area contributed by atoms with Gasteiger partial charge in [0.1, 0.15) is 11.5 Å². The summed E-state index contributed by atoms with van der Waals surface area (Å²) in [5.41, 5.74) is 11.9. The number of fused-ring (bicyclic) bond motifs is 12. The molecule has 0 saturated heterocycles. The van der Waals surface area contributed by atoms with Gasteiger partial charge in [0, 0.05) is 11.1 Å². The summed E-state index contributed by atoms with van der Waals surface area (Å²) in [7, 11) is 0. The van der Waals surface area contributed by atoms with Gasteiger partial charge in [0.15, 0.2) is 0 Å². The maximum Gasteiger partial charge on any atom is 0.132 e. The average molecular weight is 585 g/mol. The first-order chi connectivity index (χ1) is 22.8. The van der Waals surface area contributed by atoms with Crippen molar-refractivity contribution in [2.24, 2.45) is 0 Å². The molecule has 1 spiro atoms. The number of hydrogen-bond donors (Lipinski definition) is 0. The van der Waals surface area contributed by atoms with E-state index in [2.05, 4.69) is 170 Å². The van der Waals surface area contributed by atoms with E-state index in [0.29, 0.717) is 0 Å². The number of hydrogen-bond acceptors (Lipinski definition) is 1. The first-order valence-electron chi connectivity index (χ1n) is 15.9. The summed E-state index contributed by atoms with van der Waals surface area (Å²) in [5.74, 6) is 1.83. The summed E-state index contributed by atoms with van der Waals surface area (Å²) in [6.45, 7) is 0. The van der Waals surface area contributed by atoms with Crippen LogP contribution < -0.4 is 4.74 Å². The Morgan fingerprint density at radius 1 is 0.326 bits per heavy atom. The molecule has 0 N–H and O–H groups in total. The van der Waals surface area contributed by atoms with Crippen molar-refractivity contribution in [1.29, 1.82) is 0 Å². The van der Waals surface area contributed by atoms with Gasteiger partial charge >= 0.3 is 0 Å². The Morgan fingerprint density at radius 3 is 1.61 bits per heavy atom. The van der Waals surface area contributed by atoms with Gasteiger partial charge in [0.2, 0.25) is 0 Å². The Bertz CT molecular complexity index is 2460. The second-order valence-corrected chi connectivity index (χ2v) is 12.5. The third kappa shape index (κ3) is 3.46. The van der Waals surface area contributed by atoms with E-state index in [9.17, 15) is 0 Å². The molecule has 0 atom stereocenters. The molecule has 1 aliphatic heterocycles. The first-order valence-corrected chi connectivity index (χ1v) is 15.9. The van der Waals surface area contributed by atoms with Crippen LogP contribution >= 0.6 is 0 Å². The van der Waals surface area contributed by atoms with Crippen LogP contribution in [0.25, 0.3) is 54.9 Å². The quantitative estimate of drug-likeness (QED) is 0.184. The van der Waals surface area contributed by atoms with Gasteiger partial charge in [-0.2, -0.15) is 0 Å². The fraction of sp³-hybridized carbons (Fsp3) is 0.0222. The molecule has 0 unspecified atom stereocenters. The Morgan fingerprint density at radius 2 is 0.848 bits per heavy atom. The van der Waals surface area contributed by atoms with Gasteiger partial charge in [-0.3, -0.25) is 0 Å². The second-order valence-electron chi connectivity index (χ2n) is 12.5. The second kappa shape index (κ2) is 9.54. The van der Waals surface area contributed by atoms with Gasteiger partial charge < -0.3 is 4.74 Å². The van der Waals surface area contributed by atoms with Crippen LogP contribution in [-0.2, 0) is 5.41 Å². The SMILES string of the molecule is c1ccc2c(c1)Oc1ccc(-c3ccc(-c4ccc5c(ccc6ccccc65)c4)cc3)cc1C21c2ccccc2-c2ccccc21. The van der Waals surface area contributed by atoms with Crippen LogP contribution in [0.1, 0.15) is 22.3 Å². The summed E-state index contributed by atoms with van der Waals surface area (Å²) in [6, 6.07) is 61.9. The van der Waals surface area contributed by atoms with Crippen LogP contribution in [0.4, 0.5) is 0 Å². The van der Waals surface area contributed by atoms with Crippen molar-refractivity contribution in [1.82, 2.24) is 0 Å². The van der Waals surface area contributed by atoms with E-state index in [-0.39, 0.29) is 0 Å². The van der Waals surface area contributed by atoms with E-state index in [4.69, 9.17) is 4.74 Å². The summed E-state index contributed by atoms with van der Waals surface area (Å²) >= 11 is 0. The molecule has 0 amide bonds. The zero-order chi connectivity index (χ0) is 30.2. The molecule has 1 nitrogen and oxygen atoms in total. The van der Waals surface area contributed by atoms with Gasteiger partial charge in [-0.25, -0.2) is 0 Å². The van der Waals surface area contributed by atoms with Crippen LogP contribution in [0.5, 0.6) is 11.5 Å². The predicted molar refractivity (Wildman–Crippen MR) is 190 cm³/mol. The average Bonchev–Trinajstić information content (AvgIpc) is 3.42. The highest BCUT2D eigenvalue weighted by molar-refractivity contribution is 6.08. The molecule has 46 heavy (non-hydrogen) atoms. The number of ether oxygens (including phenoxy) is 1. The lowest BCUT2D eigenvalue weighted by atomic mass is 9.66. The molecular formula is C45H28O. The van der Waals surface area contributed by atoms with Gasteiger partial charge in [0.25, 0.3) is 0 Å². The molecule has 0 radical (unpaired) electrons. The molecule has 1 heteroatoms. The van der Waals surface area contributed by atoms with Crippen molar-refractivity contribution in [3.63, 3.8) is 0 Å². The lowest BCUT2D eigenvalue weighted by molar-refractivity contribution is 0.436. The van der Waals surface area contributed by atoms with Gasteiger partial charge in [-0.15, -0.1) is 0 Å². The van der Waals surface area contributed by atoms with Crippen LogP contribution in [-0.4, -0.2) is 0 Å². The zero-order valence-electron chi connectivity index (χ0n) is 25.1. The summed E-state index contributed by atoms with van der Waals surface area (Å²) in [6.07, 6.45) is 0. The molecule has 0 saturated carbocycles. The van der Waals surface area contributed by atoms with Crippen molar-refractivity contribution >= 4 is 21.5 Å². The van der Waals surface area contributed by atoms with Crippen LogP contribution in [0.3, 0.4) is 0 Å².